The summed E-state index contributed by atoms with van der Waals surface area (Å²) in [4.78, 5) is 11.4. The van der Waals surface area contributed by atoms with E-state index < -0.39 is 10.8 Å². The molecule has 2 atom stereocenters. The first kappa shape index (κ1) is 11.7. The van der Waals surface area contributed by atoms with Gasteiger partial charge in [-0.25, -0.2) is 0 Å². The van der Waals surface area contributed by atoms with E-state index in [4.69, 9.17) is 0 Å². The monoisotopic (exact) mass is 218 g/mol. The summed E-state index contributed by atoms with van der Waals surface area (Å²) in [6, 6.07) is 0. The van der Waals surface area contributed by atoms with Crippen LogP contribution in [-0.2, 0) is 20.3 Å². The molecule has 0 bridgehead atoms. The van der Waals surface area contributed by atoms with Gasteiger partial charge in [0.15, 0.2) is 0 Å². The lowest BCUT2D eigenvalue weighted by Gasteiger charge is -2.12. The average molecular weight is 218 g/mol. The molecule has 1 saturated carbocycles. The predicted octanol–water partition coefficient (Wildman–Crippen LogP) is 1.49. The van der Waals surface area contributed by atoms with Gasteiger partial charge >= 0.3 is 5.97 Å². The fourth-order valence-corrected chi connectivity index (χ4v) is 3.28. The van der Waals surface area contributed by atoms with Gasteiger partial charge in [-0.2, -0.15) is 0 Å². The molecule has 0 aromatic carbocycles. The van der Waals surface area contributed by atoms with Crippen LogP contribution in [0, 0.1) is 5.92 Å². The van der Waals surface area contributed by atoms with Gasteiger partial charge in [-0.05, 0) is 25.2 Å². The summed E-state index contributed by atoms with van der Waals surface area (Å²) < 4.78 is 16.5. The third-order valence-electron chi connectivity index (χ3n) is 2.47. The van der Waals surface area contributed by atoms with Gasteiger partial charge in [0.1, 0.15) is 5.25 Å². The largest absolute Gasteiger partial charge is 0.468 e. The number of rotatable bonds is 6. The van der Waals surface area contributed by atoms with Crippen LogP contribution in [-0.4, -0.2) is 28.3 Å². The van der Waals surface area contributed by atoms with Gasteiger partial charge in [-0.15, -0.1) is 0 Å². The molecule has 1 fully saturated rings. The highest BCUT2D eigenvalue weighted by Crippen LogP contribution is 2.36. The second kappa shape index (κ2) is 5.49. The van der Waals surface area contributed by atoms with E-state index in [9.17, 15) is 9.00 Å². The number of carbonyl (C=O) groups excluding carboxylic acids is 1. The molecule has 1 rings (SSSR count). The van der Waals surface area contributed by atoms with Crippen LogP contribution >= 0.6 is 0 Å². The smallest absolute Gasteiger partial charge is 0.321 e. The molecule has 0 heterocycles. The summed E-state index contributed by atoms with van der Waals surface area (Å²) >= 11 is 0. The van der Waals surface area contributed by atoms with Crippen molar-refractivity contribution in [2.24, 2.45) is 5.92 Å². The predicted molar refractivity (Wildman–Crippen MR) is 56.4 cm³/mol. The van der Waals surface area contributed by atoms with E-state index >= 15 is 0 Å². The molecule has 3 nitrogen and oxygen atoms in total. The van der Waals surface area contributed by atoms with Crippen molar-refractivity contribution < 1.29 is 13.7 Å². The second-order valence-corrected chi connectivity index (χ2v) is 5.40. The lowest BCUT2D eigenvalue weighted by Crippen LogP contribution is -2.30. The minimum atomic E-state index is -1.03. The molecule has 4 heteroatoms. The summed E-state index contributed by atoms with van der Waals surface area (Å²) in [5.74, 6) is 0.661. The van der Waals surface area contributed by atoms with Gasteiger partial charge in [0.25, 0.3) is 0 Å². The number of hydrogen-bond donors (Lipinski definition) is 0. The Kier molecular flexibility index (Phi) is 4.58. The van der Waals surface area contributed by atoms with Crippen LogP contribution in [0.2, 0.25) is 0 Å². The van der Waals surface area contributed by atoms with Gasteiger partial charge < -0.3 is 4.74 Å². The minimum Gasteiger partial charge on any atom is -0.468 e. The van der Waals surface area contributed by atoms with Crippen molar-refractivity contribution in [3.05, 3.63) is 0 Å². The van der Waals surface area contributed by atoms with Crippen LogP contribution in [0.1, 0.15) is 32.6 Å². The Morgan fingerprint density at radius 1 is 1.57 bits per heavy atom. The zero-order valence-corrected chi connectivity index (χ0v) is 9.64. The molecule has 0 radical (unpaired) electrons. The molecule has 1 aliphatic carbocycles. The van der Waals surface area contributed by atoms with E-state index in [-0.39, 0.29) is 11.2 Å². The number of ether oxygens (including phenoxy) is 1. The van der Waals surface area contributed by atoms with Crippen molar-refractivity contribution in [1.29, 1.82) is 0 Å². The highest BCUT2D eigenvalue weighted by Gasteiger charge is 2.40. The SMILES string of the molecule is CCCCS(=O)C(C(=O)OC)C1CC1. The standard InChI is InChI=1S/C10H18O3S/c1-3-4-7-14(12)9(8-5-6-8)10(11)13-2/h8-9H,3-7H2,1-2H3. The maximum absolute atomic E-state index is 11.8. The van der Waals surface area contributed by atoms with Crippen LogP contribution in [0.25, 0.3) is 0 Å². The third-order valence-corrected chi connectivity index (χ3v) is 4.30. The second-order valence-electron chi connectivity index (χ2n) is 3.72. The van der Waals surface area contributed by atoms with Crippen molar-refractivity contribution in [3.63, 3.8) is 0 Å². The fourth-order valence-electron chi connectivity index (χ4n) is 1.44. The molecule has 0 N–H and O–H groups in total. The maximum Gasteiger partial charge on any atom is 0.321 e. The molecule has 0 saturated heterocycles. The summed E-state index contributed by atoms with van der Waals surface area (Å²) in [7, 11) is 0.340. The average Bonchev–Trinajstić information content (AvgIpc) is 2.98. The minimum absolute atomic E-state index is 0.290. The Hall–Kier alpha value is -0.380. The molecular weight excluding hydrogens is 200 g/mol. The Morgan fingerprint density at radius 2 is 2.21 bits per heavy atom. The Balaban J connectivity index is 2.49. The van der Waals surface area contributed by atoms with Crippen molar-refractivity contribution in [2.75, 3.05) is 12.9 Å². The Labute approximate surface area is 87.7 Å². The Bertz CT molecular complexity index is 223. The van der Waals surface area contributed by atoms with E-state index in [1.807, 2.05) is 0 Å². The first-order valence-electron chi connectivity index (χ1n) is 5.15. The van der Waals surface area contributed by atoms with Crippen LogP contribution in [0.5, 0.6) is 0 Å². The lowest BCUT2D eigenvalue weighted by atomic mass is 10.3. The van der Waals surface area contributed by atoms with Crippen molar-refractivity contribution >= 4 is 16.8 Å². The quantitative estimate of drug-likeness (QED) is 0.634. The molecule has 0 spiro atoms. The van der Waals surface area contributed by atoms with Gasteiger partial charge in [-0.3, -0.25) is 9.00 Å². The lowest BCUT2D eigenvalue weighted by molar-refractivity contribution is -0.140. The molecular formula is C10H18O3S. The summed E-state index contributed by atoms with van der Waals surface area (Å²) in [6.07, 6.45) is 3.99. The van der Waals surface area contributed by atoms with Crippen LogP contribution in [0.4, 0.5) is 0 Å². The maximum atomic E-state index is 11.8. The van der Waals surface area contributed by atoms with Gasteiger partial charge in [0.2, 0.25) is 0 Å². The van der Waals surface area contributed by atoms with E-state index in [2.05, 4.69) is 11.7 Å². The molecule has 14 heavy (non-hydrogen) atoms. The number of carbonyl (C=O) groups is 1. The first-order valence-corrected chi connectivity index (χ1v) is 6.54. The topological polar surface area (TPSA) is 43.4 Å². The third kappa shape index (κ3) is 3.08. The van der Waals surface area contributed by atoms with E-state index in [0.717, 1.165) is 25.7 Å². The van der Waals surface area contributed by atoms with Crippen LogP contribution in [0.15, 0.2) is 0 Å². The summed E-state index contributed by atoms with van der Waals surface area (Å²) in [6.45, 7) is 2.06. The van der Waals surface area contributed by atoms with Crippen LogP contribution < -0.4 is 0 Å². The van der Waals surface area contributed by atoms with Crippen molar-refractivity contribution in [3.8, 4) is 0 Å². The molecule has 0 aromatic heterocycles. The number of unbranched alkanes of at least 4 members (excludes halogenated alkanes) is 1. The van der Waals surface area contributed by atoms with Crippen molar-refractivity contribution in [2.45, 2.75) is 37.9 Å². The highest BCUT2D eigenvalue weighted by molar-refractivity contribution is 7.86. The van der Waals surface area contributed by atoms with Crippen LogP contribution in [0.3, 0.4) is 0 Å². The van der Waals surface area contributed by atoms with E-state index in [0.29, 0.717) is 11.7 Å². The zero-order chi connectivity index (χ0) is 10.6. The summed E-state index contributed by atoms with van der Waals surface area (Å²) in [5.41, 5.74) is 0. The molecule has 82 valence electrons. The molecule has 0 aromatic rings. The highest BCUT2D eigenvalue weighted by atomic mass is 32.2. The number of esters is 1. The first-order chi connectivity index (χ1) is 6.70. The van der Waals surface area contributed by atoms with E-state index in [1.165, 1.54) is 7.11 Å². The van der Waals surface area contributed by atoms with Gasteiger partial charge in [0.05, 0.1) is 7.11 Å². The molecule has 0 amide bonds. The Morgan fingerprint density at radius 3 is 2.64 bits per heavy atom. The molecule has 1 aliphatic rings. The zero-order valence-electron chi connectivity index (χ0n) is 8.82. The number of methoxy groups -OCH3 is 1. The fraction of sp³-hybridized carbons (Fsp3) is 0.900. The normalized spacial score (nSPS) is 20.1. The van der Waals surface area contributed by atoms with Gasteiger partial charge in [-0.1, -0.05) is 13.3 Å². The molecule has 0 aliphatic heterocycles. The van der Waals surface area contributed by atoms with Gasteiger partial charge in [0, 0.05) is 16.6 Å². The number of hydrogen-bond acceptors (Lipinski definition) is 3. The van der Waals surface area contributed by atoms with Crippen molar-refractivity contribution in [1.82, 2.24) is 0 Å². The van der Waals surface area contributed by atoms with E-state index in [1.54, 1.807) is 0 Å². The molecule has 2 unspecified atom stereocenters. The summed E-state index contributed by atoms with van der Waals surface area (Å²) in [5, 5.41) is -0.355.